The van der Waals surface area contributed by atoms with E-state index in [-0.39, 0.29) is 24.7 Å². The summed E-state index contributed by atoms with van der Waals surface area (Å²) >= 11 is 7.15. The van der Waals surface area contributed by atoms with Crippen LogP contribution in [-0.4, -0.2) is 56.0 Å². The highest BCUT2D eigenvalue weighted by Gasteiger charge is 2.23. The van der Waals surface area contributed by atoms with Crippen molar-refractivity contribution in [3.8, 4) is 0 Å². The molecule has 1 aliphatic heterocycles. The Kier molecular flexibility index (Phi) is 8.67. The van der Waals surface area contributed by atoms with Crippen LogP contribution in [0, 0.1) is 5.92 Å². The lowest BCUT2D eigenvalue weighted by Gasteiger charge is -2.19. The van der Waals surface area contributed by atoms with E-state index in [0.29, 0.717) is 21.7 Å². The fourth-order valence-corrected chi connectivity index (χ4v) is 4.57. The van der Waals surface area contributed by atoms with Crippen molar-refractivity contribution in [1.82, 2.24) is 10.2 Å². The fraction of sp³-hybridized carbons (Fsp3) is 0.500. The predicted molar refractivity (Wildman–Crippen MR) is 126 cm³/mol. The first-order valence-corrected chi connectivity index (χ1v) is 12.0. The van der Waals surface area contributed by atoms with Crippen molar-refractivity contribution in [1.29, 1.82) is 0 Å². The molecule has 7 heteroatoms. The Hall–Kier alpha value is -1.73. The maximum absolute atomic E-state index is 13.1. The minimum atomic E-state index is -0.697. The average molecular weight is 463 g/mol. The van der Waals surface area contributed by atoms with Gasteiger partial charge in [-0.25, -0.2) is 0 Å². The van der Waals surface area contributed by atoms with E-state index in [2.05, 4.69) is 43.2 Å². The van der Waals surface area contributed by atoms with Gasteiger partial charge in [-0.1, -0.05) is 43.6 Å². The lowest BCUT2D eigenvalue weighted by molar-refractivity contribution is -0.121. The molecule has 2 heterocycles. The number of amides is 1. The molecular formula is C24H31ClN2O3S. The Morgan fingerprint density at radius 3 is 2.55 bits per heavy atom. The van der Waals surface area contributed by atoms with Gasteiger partial charge in [-0.3, -0.25) is 9.59 Å². The van der Waals surface area contributed by atoms with E-state index < -0.39 is 6.04 Å². The Bertz CT molecular complexity index is 912. The van der Waals surface area contributed by atoms with Crippen molar-refractivity contribution in [2.75, 3.05) is 33.4 Å². The Balaban J connectivity index is 1.69. The zero-order valence-corrected chi connectivity index (χ0v) is 20.0. The van der Waals surface area contributed by atoms with Crippen LogP contribution >= 0.6 is 22.9 Å². The molecule has 1 N–H and O–H groups in total. The second-order valence-corrected chi connectivity index (χ2v) is 10.3. The number of ether oxygens (including phenoxy) is 1. The van der Waals surface area contributed by atoms with Crippen molar-refractivity contribution < 1.29 is 14.3 Å². The summed E-state index contributed by atoms with van der Waals surface area (Å²) in [5, 5.41) is 2.85. The van der Waals surface area contributed by atoms with E-state index >= 15 is 0 Å². The van der Waals surface area contributed by atoms with Crippen LogP contribution in [0.4, 0.5) is 0 Å². The van der Waals surface area contributed by atoms with Gasteiger partial charge in [0, 0.05) is 26.1 Å². The highest BCUT2D eigenvalue weighted by atomic mass is 35.5. The first kappa shape index (κ1) is 23.9. The molecule has 0 radical (unpaired) electrons. The Labute approximate surface area is 193 Å². The number of hydrogen-bond acceptors (Lipinski definition) is 5. The molecule has 0 saturated carbocycles. The second kappa shape index (κ2) is 11.2. The number of nitrogens with one attached hydrogen (secondary N) is 1. The highest BCUT2D eigenvalue weighted by molar-refractivity contribution is 7.18. The van der Waals surface area contributed by atoms with Crippen LogP contribution in [0.5, 0.6) is 0 Å². The monoisotopic (exact) mass is 462 g/mol. The molecule has 1 atom stereocenters. The largest absolute Gasteiger partial charge is 0.379 e. The first-order valence-electron chi connectivity index (χ1n) is 10.8. The van der Waals surface area contributed by atoms with E-state index in [0.717, 1.165) is 31.5 Å². The number of nitrogens with zero attached hydrogens (tertiary/aromatic N) is 1. The van der Waals surface area contributed by atoms with E-state index in [4.69, 9.17) is 16.3 Å². The standard InChI is InChI=1S/C24H31ClN2O3S/c1-16(2)14-30-15-20(26-24(29)22-6-7-23(25)31-22)21(28)13-17-4-5-18-8-10-27(3)11-9-19(18)12-17/h4-7,12,16,20H,8-11,13-15H2,1-3H3,(H,26,29). The van der Waals surface area contributed by atoms with Crippen LogP contribution in [-0.2, 0) is 28.8 Å². The summed E-state index contributed by atoms with van der Waals surface area (Å²) in [5.74, 6) is 0.00378. The SMILES string of the molecule is CC(C)COCC(NC(=O)c1ccc(Cl)s1)C(=O)Cc1ccc2c(c1)CCN(C)CC2. The van der Waals surface area contributed by atoms with Gasteiger partial charge in [0.05, 0.1) is 15.8 Å². The Morgan fingerprint density at radius 1 is 1.13 bits per heavy atom. The quantitative estimate of drug-likeness (QED) is 0.611. The van der Waals surface area contributed by atoms with Gasteiger partial charge in [0.15, 0.2) is 5.78 Å². The third kappa shape index (κ3) is 7.14. The maximum Gasteiger partial charge on any atom is 0.262 e. The molecule has 1 aromatic carbocycles. The number of rotatable bonds is 9. The first-order chi connectivity index (χ1) is 14.8. The molecule has 0 saturated heterocycles. The molecule has 168 valence electrons. The molecule has 1 aromatic heterocycles. The van der Waals surface area contributed by atoms with Gasteiger partial charge < -0.3 is 15.0 Å². The summed E-state index contributed by atoms with van der Waals surface area (Å²) in [6.45, 7) is 6.88. The van der Waals surface area contributed by atoms with Crippen molar-refractivity contribution in [2.45, 2.75) is 39.2 Å². The summed E-state index contributed by atoms with van der Waals surface area (Å²) in [4.78, 5) is 28.6. The molecular weight excluding hydrogens is 432 g/mol. The number of carbonyl (C=O) groups excluding carboxylic acids is 2. The zero-order chi connectivity index (χ0) is 22.4. The minimum absolute atomic E-state index is 0.0505. The summed E-state index contributed by atoms with van der Waals surface area (Å²) < 4.78 is 6.25. The topological polar surface area (TPSA) is 58.6 Å². The number of carbonyl (C=O) groups is 2. The molecule has 0 bridgehead atoms. The van der Waals surface area contributed by atoms with Gasteiger partial charge in [0.2, 0.25) is 0 Å². The zero-order valence-electron chi connectivity index (χ0n) is 18.4. The number of halogens is 1. The molecule has 0 spiro atoms. The number of fused-ring (bicyclic) bond motifs is 1. The van der Waals surface area contributed by atoms with E-state index in [1.165, 1.54) is 22.5 Å². The molecule has 1 aliphatic rings. The molecule has 0 fully saturated rings. The van der Waals surface area contributed by atoms with Crippen molar-refractivity contribution in [2.24, 2.45) is 5.92 Å². The van der Waals surface area contributed by atoms with E-state index in [9.17, 15) is 9.59 Å². The smallest absolute Gasteiger partial charge is 0.262 e. The summed E-state index contributed by atoms with van der Waals surface area (Å²) in [6.07, 6.45) is 2.29. The summed E-state index contributed by atoms with van der Waals surface area (Å²) in [6, 6.07) is 8.99. The third-order valence-corrected chi connectivity index (χ3v) is 6.63. The number of benzene rings is 1. The van der Waals surface area contributed by atoms with Crippen molar-refractivity contribution in [3.05, 3.63) is 56.2 Å². The molecule has 3 rings (SSSR count). The number of hydrogen-bond donors (Lipinski definition) is 1. The minimum Gasteiger partial charge on any atom is -0.379 e. The maximum atomic E-state index is 13.1. The van der Waals surface area contributed by atoms with Crippen LogP contribution in [0.15, 0.2) is 30.3 Å². The van der Waals surface area contributed by atoms with Crippen LogP contribution in [0.1, 0.15) is 40.2 Å². The van der Waals surface area contributed by atoms with Crippen LogP contribution in [0.2, 0.25) is 4.34 Å². The lowest BCUT2D eigenvalue weighted by Crippen LogP contribution is -2.44. The molecule has 5 nitrogen and oxygen atoms in total. The third-order valence-electron chi connectivity index (χ3n) is 5.40. The Morgan fingerprint density at radius 2 is 1.87 bits per heavy atom. The average Bonchev–Trinajstić information content (AvgIpc) is 3.08. The van der Waals surface area contributed by atoms with Gasteiger partial charge in [0.25, 0.3) is 5.91 Å². The van der Waals surface area contributed by atoms with Gasteiger partial charge in [-0.2, -0.15) is 0 Å². The number of thiophene rings is 1. The summed E-state index contributed by atoms with van der Waals surface area (Å²) in [7, 11) is 2.14. The van der Waals surface area contributed by atoms with Gasteiger partial charge >= 0.3 is 0 Å². The number of Topliss-reactive ketones (excluding diaryl/α,β-unsaturated/α-hetero) is 1. The van der Waals surface area contributed by atoms with Crippen molar-refractivity contribution >= 4 is 34.6 Å². The lowest BCUT2D eigenvalue weighted by atomic mass is 9.96. The van der Waals surface area contributed by atoms with E-state index in [1.807, 2.05) is 6.07 Å². The molecule has 1 amide bonds. The molecule has 2 aromatic rings. The number of likely N-dealkylation sites (N-methyl/N-ethyl adjacent to an activating group) is 1. The second-order valence-electron chi connectivity index (χ2n) is 8.61. The summed E-state index contributed by atoms with van der Waals surface area (Å²) in [5.41, 5.74) is 3.66. The van der Waals surface area contributed by atoms with Crippen molar-refractivity contribution in [3.63, 3.8) is 0 Å². The van der Waals surface area contributed by atoms with Crippen LogP contribution < -0.4 is 5.32 Å². The molecule has 0 aliphatic carbocycles. The van der Waals surface area contributed by atoms with Gasteiger partial charge in [-0.05, 0) is 54.6 Å². The van der Waals surface area contributed by atoms with Crippen LogP contribution in [0.25, 0.3) is 0 Å². The van der Waals surface area contributed by atoms with E-state index in [1.54, 1.807) is 12.1 Å². The number of ketones is 1. The fourth-order valence-electron chi connectivity index (χ4n) is 3.63. The van der Waals surface area contributed by atoms with Crippen LogP contribution in [0.3, 0.4) is 0 Å². The molecule has 31 heavy (non-hydrogen) atoms. The normalized spacial score (nSPS) is 15.4. The molecule has 1 unspecified atom stereocenters. The van der Waals surface area contributed by atoms with Gasteiger partial charge in [-0.15, -0.1) is 11.3 Å². The van der Waals surface area contributed by atoms with Gasteiger partial charge in [0.1, 0.15) is 6.04 Å². The highest BCUT2D eigenvalue weighted by Crippen LogP contribution is 2.22. The predicted octanol–water partition coefficient (Wildman–Crippen LogP) is 4.01.